The molecular weight excluding hydrogens is 280 g/mol. The highest BCUT2D eigenvalue weighted by molar-refractivity contribution is 6.34. The van der Waals surface area contributed by atoms with E-state index in [1.165, 1.54) is 18.2 Å². The largest absolute Gasteiger partial charge is 0.325 e. The molecular formula is C14H19ClN2O3. The molecule has 0 saturated carbocycles. The maximum Gasteiger partial charge on any atom is 0.271 e. The first-order valence-corrected chi connectivity index (χ1v) is 7.12. The fourth-order valence-electron chi connectivity index (χ4n) is 1.92. The van der Waals surface area contributed by atoms with E-state index in [1.54, 1.807) is 0 Å². The lowest BCUT2D eigenvalue weighted by molar-refractivity contribution is -0.384. The molecule has 110 valence electrons. The Labute approximate surface area is 123 Å². The van der Waals surface area contributed by atoms with Crippen molar-refractivity contribution >= 4 is 28.9 Å². The molecule has 1 aromatic carbocycles. The molecule has 1 amide bonds. The third-order valence-electron chi connectivity index (χ3n) is 3.19. The minimum Gasteiger partial charge on any atom is -0.325 e. The van der Waals surface area contributed by atoms with Crippen LogP contribution in [0.15, 0.2) is 18.2 Å². The maximum atomic E-state index is 12.1. The molecule has 0 aliphatic carbocycles. The predicted molar refractivity (Wildman–Crippen MR) is 80.0 cm³/mol. The number of nitrogens with one attached hydrogen (secondary N) is 1. The second kappa shape index (κ2) is 7.85. The molecule has 0 radical (unpaired) electrons. The normalized spacial score (nSPS) is 11.9. The van der Waals surface area contributed by atoms with E-state index in [0.717, 1.165) is 25.7 Å². The third-order valence-corrected chi connectivity index (χ3v) is 3.50. The summed E-state index contributed by atoms with van der Waals surface area (Å²) in [4.78, 5) is 22.2. The number of carbonyl (C=O) groups is 1. The summed E-state index contributed by atoms with van der Waals surface area (Å²) in [6, 6.07) is 4.03. The second-order valence-corrected chi connectivity index (χ2v) is 5.07. The number of nitro groups is 1. The van der Waals surface area contributed by atoms with E-state index in [4.69, 9.17) is 11.6 Å². The van der Waals surface area contributed by atoms with Crippen LogP contribution in [0, 0.1) is 16.0 Å². The highest BCUT2D eigenvalue weighted by atomic mass is 35.5. The number of nitro benzene ring substituents is 1. The van der Waals surface area contributed by atoms with Gasteiger partial charge in [0.1, 0.15) is 0 Å². The van der Waals surface area contributed by atoms with Crippen molar-refractivity contribution in [1.82, 2.24) is 0 Å². The van der Waals surface area contributed by atoms with Gasteiger partial charge in [0.25, 0.3) is 5.69 Å². The van der Waals surface area contributed by atoms with Crippen molar-refractivity contribution in [3.8, 4) is 0 Å². The summed E-state index contributed by atoms with van der Waals surface area (Å²) in [5.74, 6) is -0.141. The van der Waals surface area contributed by atoms with Crippen LogP contribution in [0.3, 0.4) is 0 Å². The molecule has 1 N–H and O–H groups in total. The van der Waals surface area contributed by atoms with Gasteiger partial charge in [0, 0.05) is 18.1 Å². The fourth-order valence-corrected chi connectivity index (χ4v) is 2.15. The SMILES string of the molecule is CCCCC(CC)C(=O)Nc1ccc([N+](=O)[O-])cc1Cl. The molecule has 1 atom stereocenters. The molecule has 0 aromatic heterocycles. The highest BCUT2D eigenvalue weighted by Crippen LogP contribution is 2.27. The van der Waals surface area contributed by atoms with Crippen molar-refractivity contribution in [2.24, 2.45) is 5.92 Å². The number of benzene rings is 1. The Bertz CT molecular complexity index is 491. The van der Waals surface area contributed by atoms with Gasteiger partial charge in [-0.25, -0.2) is 0 Å². The van der Waals surface area contributed by atoms with Crippen LogP contribution in [0.1, 0.15) is 39.5 Å². The number of rotatable bonds is 7. The molecule has 0 fully saturated rings. The van der Waals surface area contributed by atoms with Crippen LogP contribution in [0.4, 0.5) is 11.4 Å². The summed E-state index contributed by atoms with van der Waals surface area (Å²) in [7, 11) is 0. The molecule has 0 bridgehead atoms. The number of hydrogen-bond acceptors (Lipinski definition) is 3. The van der Waals surface area contributed by atoms with Crippen LogP contribution in [0.5, 0.6) is 0 Å². The Balaban J connectivity index is 2.76. The monoisotopic (exact) mass is 298 g/mol. The number of nitrogens with zero attached hydrogens (tertiary/aromatic N) is 1. The molecule has 20 heavy (non-hydrogen) atoms. The zero-order chi connectivity index (χ0) is 15.1. The lowest BCUT2D eigenvalue weighted by Crippen LogP contribution is -2.22. The number of non-ortho nitro benzene ring substituents is 1. The Morgan fingerprint density at radius 3 is 2.65 bits per heavy atom. The summed E-state index contributed by atoms with van der Waals surface area (Å²) < 4.78 is 0. The summed E-state index contributed by atoms with van der Waals surface area (Å²) >= 11 is 5.95. The van der Waals surface area contributed by atoms with Crippen molar-refractivity contribution in [2.75, 3.05) is 5.32 Å². The molecule has 0 aliphatic heterocycles. The zero-order valence-corrected chi connectivity index (χ0v) is 12.4. The van der Waals surface area contributed by atoms with E-state index in [2.05, 4.69) is 12.2 Å². The van der Waals surface area contributed by atoms with Crippen LogP contribution in [0.2, 0.25) is 5.02 Å². The summed E-state index contributed by atoms with van der Waals surface area (Å²) in [6.45, 7) is 4.05. The van der Waals surface area contributed by atoms with Gasteiger partial charge in [-0.05, 0) is 18.9 Å². The average molecular weight is 299 g/mol. The quantitative estimate of drug-likeness (QED) is 0.599. The Morgan fingerprint density at radius 2 is 2.15 bits per heavy atom. The summed E-state index contributed by atoms with van der Waals surface area (Å²) in [6.07, 6.45) is 3.64. The first-order valence-electron chi connectivity index (χ1n) is 6.74. The zero-order valence-electron chi connectivity index (χ0n) is 11.7. The molecule has 6 heteroatoms. The number of amides is 1. The molecule has 0 heterocycles. The minimum absolute atomic E-state index is 0.0544. The van der Waals surface area contributed by atoms with Crippen LogP contribution in [0.25, 0.3) is 0 Å². The first-order chi connectivity index (χ1) is 9.49. The number of unbranched alkanes of at least 4 members (excludes halogenated alkanes) is 1. The van der Waals surface area contributed by atoms with Gasteiger partial charge in [-0.3, -0.25) is 14.9 Å². The van der Waals surface area contributed by atoms with Crippen LogP contribution < -0.4 is 5.32 Å². The molecule has 1 unspecified atom stereocenters. The Kier molecular flexibility index (Phi) is 6.45. The highest BCUT2D eigenvalue weighted by Gasteiger charge is 2.18. The van der Waals surface area contributed by atoms with E-state index in [-0.39, 0.29) is 22.5 Å². The molecule has 0 spiro atoms. The summed E-state index contributed by atoms with van der Waals surface area (Å²) in [5, 5.41) is 13.5. The molecule has 1 aromatic rings. The van der Waals surface area contributed by atoms with E-state index in [0.29, 0.717) is 5.69 Å². The first kappa shape index (κ1) is 16.4. The topological polar surface area (TPSA) is 72.2 Å². The molecule has 0 aliphatic rings. The lowest BCUT2D eigenvalue weighted by Gasteiger charge is -2.15. The molecule has 5 nitrogen and oxygen atoms in total. The van der Waals surface area contributed by atoms with Crippen LogP contribution in [-0.4, -0.2) is 10.8 Å². The number of hydrogen-bond donors (Lipinski definition) is 1. The van der Waals surface area contributed by atoms with E-state index >= 15 is 0 Å². The average Bonchev–Trinajstić information content (AvgIpc) is 2.41. The maximum absolute atomic E-state index is 12.1. The molecule has 1 rings (SSSR count). The lowest BCUT2D eigenvalue weighted by atomic mass is 9.98. The second-order valence-electron chi connectivity index (χ2n) is 4.66. The van der Waals surface area contributed by atoms with Gasteiger partial charge in [0.2, 0.25) is 5.91 Å². The van der Waals surface area contributed by atoms with Crippen molar-refractivity contribution in [3.63, 3.8) is 0 Å². The van der Waals surface area contributed by atoms with Crippen LogP contribution in [-0.2, 0) is 4.79 Å². The van der Waals surface area contributed by atoms with Crippen molar-refractivity contribution < 1.29 is 9.72 Å². The van der Waals surface area contributed by atoms with Gasteiger partial charge in [-0.15, -0.1) is 0 Å². The standard InChI is InChI=1S/C14H19ClN2O3/c1-3-5-6-10(4-2)14(18)16-13-8-7-11(17(19)20)9-12(13)15/h7-10H,3-6H2,1-2H3,(H,16,18). The molecule has 0 saturated heterocycles. The minimum atomic E-state index is -0.520. The van der Waals surface area contributed by atoms with Gasteiger partial charge < -0.3 is 5.32 Å². The van der Waals surface area contributed by atoms with E-state index in [1.807, 2.05) is 6.92 Å². The van der Waals surface area contributed by atoms with Gasteiger partial charge >= 0.3 is 0 Å². The van der Waals surface area contributed by atoms with E-state index in [9.17, 15) is 14.9 Å². The van der Waals surface area contributed by atoms with E-state index < -0.39 is 4.92 Å². The van der Waals surface area contributed by atoms with Gasteiger partial charge in [0.15, 0.2) is 0 Å². The summed E-state index contributed by atoms with van der Waals surface area (Å²) in [5.41, 5.74) is 0.322. The predicted octanol–water partition coefficient (Wildman–Crippen LogP) is 4.40. The number of carbonyl (C=O) groups excluding carboxylic acids is 1. The van der Waals surface area contributed by atoms with Crippen LogP contribution >= 0.6 is 11.6 Å². The van der Waals surface area contributed by atoms with Crippen molar-refractivity contribution in [1.29, 1.82) is 0 Å². The number of anilines is 1. The Morgan fingerprint density at radius 1 is 1.45 bits per heavy atom. The Hall–Kier alpha value is -1.62. The van der Waals surface area contributed by atoms with Crippen molar-refractivity contribution in [2.45, 2.75) is 39.5 Å². The fraction of sp³-hybridized carbons (Fsp3) is 0.500. The smallest absolute Gasteiger partial charge is 0.271 e. The van der Waals surface area contributed by atoms with Gasteiger partial charge in [-0.1, -0.05) is 38.3 Å². The third kappa shape index (κ3) is 4.49. The van der Waals surface area contributed by atoms with Crippen molar-refractivity contribution in [3.05, 3.63) is 33.3 Å². The van der Waals surface area contributed by atoms with Gasteiger partial charge in [-0.2, -0.15) is 0 Å². The van der Waals surface area contributed by atoms with Gasteiger partial charge in [0.05, 0.1) is 15.6 Å². The number of halogens is 1.